The van der Waals surface area contributed by atoms with Gasteiger partial charge in [0, 0.05) is 18.1 Å². The molecule has 0 spiro atoms. The number of hydrogen-bond donors (Lipinski definition) is 1. The Kier molecular flexibility index (Phi) is 3.71. The summed E-state index contributed by atoms with van der Waals surface area (Å²) < 4.78 is 0. The van der Waals surface area contributed by atoms with Gasteiger partial charge in [-0.2, -0.15) is 0 Å². The molecule has 3 unspecified atom stereocenters. The maximum absolute atomic E-state index is 12.8. The number of fused-ring (bicyclic) bond motifs is 2. The van der Waals surface area contributed by atoms with Gasteiger partial charge in [-0.05, 0) is 36.3 Å². The van der Waals surface area contributed by atoms with Crippen LogP contribution in [0.25, 0.3) is 10.9 Å². The standard InChI is InChI=1S/C19H20N2O3/c22-16(10-13-5-1-4-12-7-3-9-20-17(12)13)21-11-14-6-2-8-15(14)18(21)19(23)24/h1,3-5,7,9,14-15,18H,2,6,8,10-11H2,(H,23,24). The first kappa shape index (κ1) is 15.1. The molecule has 2 fully saturated rings. The van der Waals surface area contributed by atoms with Gasteiger partial charge >= 0.3 is 5.97 Å². The number of benzene rings is 1. The Labute approximate surface area is 140 Å². The summed E-state index contributed by atoms with van der Waals surface area (Å²) in [6, 6.07) is 8.97. The first-order chi connectivity index (χ1) is 11.6. The number of aromatic nitrogens is 1. The van der Waals surface area contributed by atoms with E-state index in [2.05, 4.69) is 4.98 Å². The molecule has 2 aromatic rings. The van der Waals surface area contributed by atoms with Gasteiger partial charge in [0.15, 0.2) is 0 Å². The Morgan fingerprint density at radius 1 is 1.21 bits per heavy atom. The summed E-state index contributed by atoms with van der Waals surface area (Å²) in [5.41, 5.74) is 1.68. The average Bonchev–Trinajstić information content (AvgIpc) is 3.15. The maximum atomic E-state index is 12.8. The molecule has 124 valence electrons. The molecule has 1 aromatic heterocycles. The van der Waals surface area contributed by atoms with Crippen molar-refractivity contribution >= 4 is 22.8 Å². The summed E-state index contributed by atoms with van der Waals surface area (Å²) in [6.45, 7) is 0.582. The first-order valence-corrected chi connectivity index (χ1v) is 8.50. The second-order valence-corrected chi connectivity index (χ2v) is 6.85. The minimum absolute atomic E-state index is 0.102. The maximum Gasteiger partial charge on any atom is 0.326 e. The summed E-state index contributed by atoms with van der Waals surface area (Å²) >= 11 is 0. The van der Waals surface area contributed by atoms with Crippen LogP contribution < -0.4 is 0 Å². The van der Waals surface area contributed by atoms with Crippen LogP contribution in [0, 0.1) is 11.8 Å². The van der Waals surface area contributed by atoms with E-state index in [4.69, 9.17) is 0 Å². The quantitative estimate of drug-likeness (QED) is 0.941. The predicted molar refractivity (Wildman–Crippen MR) is 89.4 cm³/mol. The molecule has 1 saturated heterocycles. The largest absolute Gasteiger partial charge is 0.480 e. The van der Waals surface area contributed by atoms with Crippen LogP contribution in [0.1, 0.15) is 24.8 Å². The Morgan fingerprint density at radius 3 is 2.88 bits per heavy atom. The molecule has 2 heterocycles. The fourth-order valence-corrected chi connectivity index (χ4v) is 4.45. The number of amides is 1. The van der Waals surface area contributed by atoms with E-state index in [1.807, 2.05) is 30.3 Å². The van der Waals surface area contributed by atoms with Crippen molar-refractivity contribution in [1.29, 1.82) is 0 Å². The van der Waals surface area contributed by atoms with Crippen molar-refractivity contribution in [2.24, 2.45) is 11.8 Å². The molecule has 5 heteroatoms. The highest BCUT2D eigenvalue weighted by Gasteiger charge is 2.49. The fourth-order valence-electron chi connectivity index (χ4n) is 4.45. The van der Waals surface area contributed by atoms with Crippen LogP contribution in [0.4, 0.5) is 0 Å². The minimum atomic E-state index is -0.867. The molecule has 5 nitrogen and oxygen atoms in total. The Morgan fingerprint density at radius 2 is 2.04 bits per heavy atom. The first-order valence-electron chi connectivity index (χ1n) is 8.50. The zero-order chi connectivity index (χ0) is 16.7. The summed E-state index contributed by atoms with van der Waals surface area (Å²) in [7, 11) is 0. The number of hydrogen-bond acceptors (Lipinski definition) is 3. The number of rotatable bonds is 3. The highest BCUT2D eigenvalue weighted by molar-refractivity contribution is 5.90. The zero-order valence-corrected chi connectivity index (χ0v) is 13.4. The molecule has 1 N–H and O–H groups in total. The third-order valence-electron chi connectivity index (χ3n) is 5.52. The van der Waals surface area contributed by atoms with Gasteiger partial charge in [0.1, 0.15) is 6.04 Å². The highest BCUT2D eigenvalue weighted by Crippen LogP contribution is 2.42. The van der Waals surface area contributed by atoms with Gasteiger partial charge in [-0.1, -0.05) is 30.7 Å². The van der Waals surface area contributed by atoms with Crippen molar-refractivity contribution < 1.29 is 14.7 Å². The third-order valence-corrected chi connectivity index (χ3v) is 5.52. The minimum Gasteiger partial charge on any atom is -0.480 e. The van der Waals surface area contributed by atoms with E-state index >= 15 is 0 Å². The van der Waals surface area contributed by atoms with Gasteiger partial charge in [0.2, 0.25) is 5.91 Å². The number of carbonyl (C=O) groups excluding carboxylic acids is 1. The van der Waals surface area contributed by atoms with Crippen molar-refractivity contribution in [3.05, 3.63) is 42.1 Å². The molecule has 4 rings (SSSR count). The van der Waals surface area contributed by atoms with Gasteiger partial charge in [0.05, 0.1) is 11.9 Å². The van der Waals surface area contributed by atoms with Crippen LogP contribution in [-0.2, 0) is 16.0 Å². The number of likely N-dealkylation sites (tertiary alicyclic amines) is 1. The van der Waals surface area contributed by atoms with E-state index in [-0.39, 0.29) is 18.2 Å². The molecule has 1 amide bonds. The number of carbonyl (C=O) groups is 2. The van der Waals surface area contributed by atoms with E-state index < -0.39 is 12.0 Å². The summed E-state index contributed by atoms with van der Waals surface area (Å²) in [4.78, 5) is 30.5. The van der Waals surface area contributed by atoms with Gasteiger partial charge in [-0.25, -0.2) is 4.79 Å². The number of aliphatic carboxylic acids is 1. The SMILES string of the molecule is O=C(O)C1C2CCCC2CN1C(=O)Cc1cccc2cccnc12. The van der Waals surface area contributed by atoms with Crippen molar-refractivity contribution in [3.63, 3.8) is 0 Å². The molecule has 1 aliphatic carbocycles. The number of nitrogens with zero attached hydrogens (tertiary/aromatic N) is 2. The Bertz CT molecular complexity index is 799. The van der Waals surface area contributed by atoms with Gasteiger partial charge in [-0.15, -0.1) is 0 Å². The van der Waals surface area contributed by atoms with E-state index in [0.29, 0.717) is 12.5 Å². The molecule has 1 aromatic carbocycles. The van der Waals surface area contributed by atoms with Crippen LogP contribution in [0.5, 0.6) is 0 Å². The predicted octanol–water partition coefficient (Wildman–Crippen LogP) is 2.49. The van der Waals surface area contributed by atoms with Crippen LogP contribution in [0.3, 0.4) is 0 Å². The highest BCUT2D eigenvalue weighted by atomic mass is 16.4. The Balaban J connectivity index is 1.60. The van der Waals surface area contributed by atoms with Crippen LogP contribution in [-0.4, -0.2) is 39.5 Å². The molecule has 3 atom stereocenters. The van der Waals surface area contributed by atoms with E-state index in [1.165, 1.54) is 0 Å². The lowest BCUT2D eigenvalue weighted by atomic mass is 9.94. The smallest absolute Gasteiger partial charge is 0.326 e. The van der Waals surface area contributed by atoms with Crippen molar-refractivity contribution in [2.45, 2.75) is 31.7 Å². The molecule has 0 radical (unpaired) electrons. The van der Waals surface area contributed by atoms with E-state index in [0.717, 1.165) is 35.7 Å². The van der Waals surface area contributed by atoms with Crippen molar-refractivity contribution in [1.82, 2.24) is 9.88 Å². The van der Waals surface area contributed by atoms with E-state index in [1.54, 1.807) is 11.1 Å². The monoisotopic (exact) mass is 324 g/mol. The summed E-state index contributed by atoms with van der Waals surface area (Å²) in [5.74, 6) is -0.499. The summed E-state index contributed by atoms with van der Waals surface area (Å²) in [5, 5.41) is 10.6. The second kappa shape index (κ2) is 5.89. The lowest BCUT2D eigenvalue weighted by Gasteiger charge is -2.24. The third kappa shape index (κ3) is 2.44. The average molecular weight is 324 g/mol. The van der Waals surface area contributed by atoms with Gasteiger partial charge in [-0.3, -0.25) is 9.78 Å². The van der Waals surface area contributed by atoms with Crippen LogP contribution in [0.15, 0.2) is 36.5 Å². The van der Waals surface area contributed by atoms with E-state index in [9.17, 15) is 14.7 Å². The number of carboxylic acid groups (broad SMARTS) is 1. The van der Waals surface area contributed by atoms with Gasteiger partial charge in [0.25, 0.3) is 0 Å². The molecule has 24 heavy (non-hydrogen) atoms. The zero-order valence-electron chi connectivity index (χ0n) is 13.4. The topological polar surface area (TPSA) is 70.5 Å². The molecular weight excluding hydrogens is 304 g/mol. The molecule has 1 aliphatic heterocycles. The van der Waals surface area contributed by atoms with Crippen molar-refractivity contribution in [2.75, 3.05) is 6.54 Å². The van der Waals surface area contributed by atoms with Crippen LogP contribution in [0.2, 0.25) is 0 Å². The number of pyridine rings is 1. The van der Waals surface area contributed by atoms with Crippen LogP contribution >= 0.6 is 0 Å². The van der Waals surface area contributed by atoms with Gasteiger partial charge < -0.3 is 10.0 Å². The summed E-state index contributed by atoms with van der Waals surface area (Å²) in [6.07, 6.45) is 4.96. The Hall–Kier alpha value is -2.43. The lowest BCUT2D eigenvalue weighted by molar-refractivity contribution is -0.149. The molecule has 2 aliphatic rings. The second-order valence-electron chi connectivity index (χ2n) is 6.85. The number of para-hydroxylation sites is 1. The van der Waals surface area contributed by atoms with Crippen molar-refractivity contribution in [3.8, 4) is 0 Å². The molecule has 1 saturated carbocycles. The lowest BCUT2D eigenvalue weighted by Crippen LogP contribution is -2.44. The molecular formula is C19H20N2O3. The normalized spacial score (nSPS) is 25.8. The number of carboxylic acids is 1. The fraction of sp³-hybridized carbons (Fsp3) is 0.421. The molecule has 0 bridgehead atoms.